The van der Waals surface area contributed by atoms with E-state index in [1.54, 1.807) is 115 Å². The average Bonchev–Trinajstić information content (AvgIpc) is 0.803. The number of amides is 13. The van der Waals surface area contributed by atoms with Crippen LogP contribution in [0.1, 0.15) is 105 Å². The Balaban J connectivity index is 1.17. The van der Waals surface area contributed by atoms with Crippen molar-refractivity contribution in [2.45, 2.75) is 145 Å². The van der Waals surface area contributed by atoms with Gasteiger partial charge in [0.1, 0.15) is 48.3 Å². The molecule has 112 heavy (non-hydrogen) atoms. The number of carbonyl (C=O) groups is 18. The smallest absolute Gasteiger partial charge is 0.305 e. The summed E-state index contributed by atoms with van der Waals surface area (Å²) < 4.78 is 0. The Morgan fingerprint density at radius 3 is 1.27 bits per heavy atom. The maximum absolute atomic E-state index is 14.5. The minimum absolute atomic E-state index is 0.0493. The number of benzene rings is 4. The Kier molecular flexibility index (Phi) is 35.8. The quantitative estimate of drug-likeness (QED) is 0.00864. The summed E-state index contributed by atoms with van der Waals surface area (Å²) in [5.41, 5.74) is 15.4. The minimum Gasteiger partial charge on any atom is -0.481 e. The Hall–Kier alpha value is -13.8. The first kappa shape index (κ1) is 88.8. The van der Waals surface area contributed by atoms with Gasteiger partial charge >= 0.3 is 29.8 Å². The highest BCUT2D eigenvalue weighted by Crippen LogP contribution is 2.26. The van der Waals surface area contributed by atoms with Gasteiger partial charge in [-0.1, -0.05) is 110 Å². The highest BCUT2D eigenvalue weighted by Gasteiger charge is 2.37. The van der Waals surface area contributed by atoms with Gasteiger partial charge in [0.15, 0.2) is 0 Å². The maximum atomic E-state index is 14.5. The molecule has 22 N–H and O–H groups in total. The van der Waals surface area contributed by atoms with Crippen LogP contribution in [0.15, 0.2) is 121 Å². The van der Waals surface area contributed by atoms with Crippen molar-refractivity contribution in [2.24, 2.45) is 17.3 Å². The number of aliphatic carboxylic acids is 5. The average molecular weight is 1560 g/mol. The number of rotatable bonds is 46. The molecule has 0 aliphatic carbocycles. The number of hydrogen-bond acceptors (Lipinski definition) is 21. The van der Waals surface area contributed by atoms with Crippen molar-refractivity contribution in [1.82, 2.24) is 63.5 Å². The van der Waals surface area contributed by atoms with E-state index in [1.165, 1.54) is 9.91 Å². The van der Waals surface area contributed by atoms with Gasteiger partial charge in [-0.05, 0) is 60.6 Å². The second-order valence-electron chi connectivity index (χ2n) is 25.3. The Morgan fingerprint density at radius 1 is 0.429 bits per heavy atom. The van der Waals surface area contributed by atoms with E-state index in [0.717, 1.165) is 0 Å². The number of anilines is 1. The molecular formula is C73H88N16O23. The highest BCUT2D eigenvalue weighted by atomic mass is 16.4. The first-order valence-corrected chi connectivity index (χ1v) is 34.8. The summed E-state index contributed by atoms with van der Waals surface area (Å²) in [7, 11) is 0. The fourth-order valence-corrected chi connectivity index (χ4v) is 10.8. The summed E-state index contributed by atoms with van der Waals surface area (Å²) in [6, 6.07) is 15.1. The molecule has 8 atom stereocenters. The van der Waals surface area contributed by atoms with Gasteiger partial charge in [-0.2, -0.15) is 0 Å². The van der Waals surface area contributed by atoms with Crippen LogP contribution in [-0.2, 0) is 106 Å². The molecule has 0 fully saturated rings. The lowest BCUT2D eigenvalue weighted by atomic mass is 10.0. The SMILES string of the molecule is CC/C(N)=C/N(N)CCCCC(NC(=O)C(Cc1ccccc1)NC(=O)C(Cc1ccccc1)NC(=O)C(CC(=O)O)NC(=O)C(CC(=O)O)NC(=O)C(CC(=O)O)NC(=O)CNC(=O)CNC(=O)CNC(=O)C(CC(=O)O)NC(=O)C(CC(=O)O)NC(=O)CCC(=O)N1Cc2ccccc2C#Cc2ccccc21)C(N)=O. The Bertz CT molecular complexity index is 4230. The van der Waals surface area contributed by atoms with Gasteiger partial charge in [0.25, 0.3) is 0 Å². The molecule has 1 heterocycles. The van der Waals surface area contributed by atoms with Crippen LogP contribution in [0, 0.1) is 11.8 Å². The molecule has 0 saturated heterocycles. The largest absolute Gasteiger partial charge is 0.481 e. The molecule has 1 aliphatic rings. The van der Waals surface area contributed by atoms with E-state index in [2.05, 4.69) is 33.1 Å². The van der Waals surface area contributed by atoms with Crippen LogP contribution in [-0.4, -0.2) is 212 Å². The normalized spacial score (nSPS) is 13.4. The number of hydrogen-bond donors (Lipinski definition) is 19. The summed E-state index contributed by atoms with van der Waals surface area (Å²) >= 11 is 0. The number of primary amides is 1. The number of nitrogens with one attached hydrogen (secondary N) is 11. The van der Waals surface area contributed by atoms with Gasteiger partial charge in [-0.25, -0.2) is 5.84 Å². The van der Waals surface area contributed by atoms with Gasteiger partial charge in [0.05, 0.1) is 64.0 Å². The van der Waals surface area contributed by atoms with Gasteiger partial charge in [0.2, 0.25) is 76.8 Å². The predicted molar refractivity (Wildman–Crippen MR) is 392 cm³/mol. The van der Waals surface area contributed by atoms with Crippen molar-refractivity contribution in [3.05, 3.63) is 149 Å². The first-order valence-electron chi connectivity index (χ1n) is 34.8. The third-order valence-corrected chi connectivity index (χ3v) is 16.5. The summed E-state index contributed by atoms with van der Waals surface area (Å²) in [5.74, 6) is -11.6. The van der Waals surface area contributed by atoms with Crippen LogP contribution in [0.4, 0.5) is 5.69 Å². The van der Waals surface area contributed by atoms with E-state index in [4.69, 9.17) is 17.3 Å². The van der Waals surface area contributed by atoms with Crippen molar-refractivity contribution in [3.63, 3.8) is 0 Å². The zero-order chi connectivity index (χ0) is 82.6. The molecule has 4 aromatic rings. The van der Waals surface area contributed by atoms with E-state index in [9.17, 15) is 112 Å². The van der Waals surface area contributed by atoms with Crippen LogP contribution in [0.3, 0.4) is 0 Å². The summed E-state index contributed by atoms with van der Waals surface area (Å²) in [6.07, 6.45) is -4.70. The fourth-order valence-electron chi connectivity index (χ4n) is 10.8. The molecule has 8 unspecified atom stereocenters. The molecule has 13 amide bonds. The Labute approximate surface area is 639 Å². The third kappa shape index (κ3) is 31.6. The zero-order valence-corrected chi connectivity index (χ0v) is 60.5. The number of nitrogens with two attached hydrogens (primary N) is 3. The van der Waals surface area contributed by atoms with Crippen LogP contribution in [0.5, 0.6) is 0 Å². The van der Waals surface area contributed by atoms with E-state index >= 15 is 0 Å². The number of nitrogens with zero attached hydrogens (tertiary/aromatic N) is 2. The lowest BCUT2D eigenvalue weighted by Crippen LogP contribution is -2.60. The highest BCUT2D eigenvalue weighted by molar-refractivity contribution is 6.02. The van der Waals surface area contributed by atoms with Crippen molar-refractivity contribution >= 4 is 112 Å². The molecular weight excluding hydrogens is 1470 g/mol. The molecule has 0 bridgehead atoms. The Morgan fingerprint density at radius 2 is 0.804 bits per heavy atom. The van der Waals surface area contributed by atoms with Crippen molar-refractivity contribution in [1.29, 1.82) is 0 Å². The molecule has 0 saturated carbocycles. The molecule has 598 valence electrons. The van der Waals surface area contributed by atoms with Gasteiger partial charge in [-0.15, -0.1) is 0 Å². The predicted octanol–water partition coefficient (Wildman–Crippen LogP) is -4.16. The monoisotopic (exact) mass is 1560 g/mol. The fraction of sp³-hybridized carbons (Fsp3) is 0.370. The summed E-state index contributed by atoms with van der Waals surface area (Å²) in [6.45, 7) is -0.795. The molecule has 39 heteroatoms. The van der Waals surface area contributed by atoms with E-state index in [0.29, 0.717) is 65.0 Å². The van der Waals surface area contributed by atoms with Crippen molar-refractivity contribution < 1.29 is 112 Å². The van der Waals surface area contributed by atoms with Gasteiger partial charge in [0, 0.05) is 55.3 Å². The zero-order valence-electron chi connectivity index (χ0n) is 60.5. The van der Waals surface area contributed by atoms with Crippen LogP contribution < -0.4 is 80.7 Å². The van der Waals surface area contributed by atoms with Gasteiger partial charge < -0.3 is 105 Å². The van der Waals surface area contributed by atoms with Crippen LogP contribution in [0.2, 0.25) is 0 Å². The number of carboxylic acid groups (broad SMARTS) is 5. The number of carbonyl (C=O) groups excluding carboxylic acids is 13. The number of fused-ring (bicyclic) bond motifs is 2. The summed E-state index contributed by atoms with van der Waals surface area (Å²) in [5, 5.41) is 73.7. The number of hydrazine groups is 1. The van der Waals surface area contributed by atoms with Crippen molar-refractivity contribution in [2.75, 3.05) is 31.1 Å². The van der Waals surface area contributed by atoms with Crippen LogP contribution >= 0.6 is 0 Å². The second-order valence-corrected chi connectivity index (χ2v) is 25.3. The van der Waals surface area contributed by atoms with E-state index < -0.39 is 220 Å². The molecule has 1 aliphatic heterocycles. The number of carboxylic acids is 5. The third-order valence-electron chi connectivity index (χ3n) is 16.5. The maximum Gasteiger partial charge on any atom is 0.305 e. The minimum atomic E-state index is -2.28. The second kappa shape index (κ2) is 45.1. The molecule has 0 aromatic heterocycles. The van der Waals surface area contributed by atoms with Crippen molar-refractivity contribution in [3.8, 4) is 11.8 Å². The first-order chi connectivity index (χ1) is 53.2. The molecule has 4 aromatic carbocycles. The van der Waals surface area contributed by atoms with E-state index in [-0.39, 0.29) is 25.8 Å². The lowest BCUT2D eigenvalue weighted by molar-refractivity contribution is -0.144. The molecule has 0 spiro atoms. The molecule has 0 radical (unpaired) electrons. The molecule has 39 nitrogen and oxygen atoms in total. The number of allylic oxidation sites excluding steroid dienone is 1. The summed E-state index contributed by atoms with van der Waals surface area (Å²) in [4.78, 5) is 237. The lowest BCUT2D eigenvalue weighted by Gasteiger charge is -2.27. The standard InChI is InChI=1S/C73H88N16O23/c1-2-46(74)40-88(76)28-14-13-22-47(66(75)105)82-68(107)48(29-41-15-5-3-6-16-41)83-69(108)49(30-42-17-7-4-8-18-42)84-72(111)53(34-64(101)102)87-73(112)54(35-65(103)104)86-71(110)52(33-63(99)100)81-59(93)38-78-57(91)36-77-58(92)37-79-67(106)50(31-61(95)96)85-70(109)51(32-62(97)98)80-56(90)26-27-60(94)89-39-45-21-10-9-19-43(45)24-25-44-20-11-12-23-55(44)89/h3-12,15-21,23,40,47-54H,2,13-14,22,26-39,74,76H2,1H3,(H2,75,105)(H,77,92)(H,78,91)(H,79,106)(H,80,90)(H,81,93)(H,82,107)(H,83,108)(H,84,111)(H,85,109)(H,86,110)(H,87,112)(H,95,96)(H,97,98)(H,99,100)(H,101,102)(H,103,104)/b46-40-. The number of unbranched alkanes of at least 4 members (excludes halogenated alkanes) is 1. The van der Waals surface area contributed by atoms with Crippen LogP contribution in [0.25, 0.3) is 0 Å². The number of para-hydroxylation sites is 1. The topological polar surface area (TPSA) is 625 Å². The van der Waals surface area contributed by atoms with Gasteiger partial charge in [-0.3, -0.25) is 86.3 Å². The molecule has 5 rings (SSSR count). The van der Waals surface area contributed by atoms with E-state index in [1.807, 2.05) is 44.1 Å².